The van der Waals surface area contributed by atoms with Crippen LogP contribution in [0.25, 0.3) is 0 Å². The smallest absolute Gasteiger partial charge is 0.267 e. The Labute approximate surface area is 108 Å². The van der Waals surface area contributed by atoms with Crippen molar-refractivity contribution in [3.8, 4) is 0 Å². The van der Waals surface area contributed by atoms with Crippen LogP contribution in [0, 0.1) is 0 Å². The molecule has 0 radical (unpaired) electrons. The zero-order chi connectivity index (χ0) is 13.4. The van der Waals surface area contributed by atoms with E-state index in [2.05, 4.69) is 29.0 Å². The van der Waals surface area contributed by atoms with Gasteiger partial charge in [0.2, 0.25) is 0 Å². The predicted molar refractivity (Wildman–Crippen MR) is 73.6 cm³/mol. The lowest BCUT2D eigenvalue weighted by molar-refractivity contribution is 0.0995. The van der Waals surface area contributed by atoms with E-state index in [0.717, 1.165) is 38.3 Å². The number of hydrogen-bond acceptors (Lipinski definition) is 4. The van der Waals surface area contributed by atoms with Crippen molar-refractivity contribution in [2.45, 2.75) is 20.3 Å². The Balaban J connectivity index is 2.43. The van der Waals surface area contributed by atoms with Crippen molar-refractivity contribution in [3.63, 3.8) is 0 Å². The molecule has 1 amide bonds. The van der Waals surface area contributed by atoms with Crippen LogP contribution in [-0.2, 0) is 0 Å². The maximum absolute atomic E-state index is 11.0. The van der Waals surface area contributed by atoms with Crippen LogP contribution in [0.2, 0.25) is 0 Å². The number of pyridine rings is 1. The topological polar surface area (TPSA) is 71.2 Å². The molecule has 0 atom stereocenters. The minimum Gasteiger partial charge on any atom is -0.384 e. The fourth-order valence-corrected chi connectivity index (χ4v) is 1.78. The molecule has 1 heterocycles. The van der Waals surface area contributed by atoms with Crippen LogP contribution >= 0.6 is 0 Å². The average molecular weight is 250 g/mol. The molecule has 1 rings (SSSR count). The molecule has 0 aliphatic rings. The van der Waals surface area contributed by atoms with Crippen LogP contribution in [0.5, 0.6) is 0 Å². The first kappa shape index (κ1) is 14.4. The van der Waals surface area contributed by atoms with E-state index in [1.54, 1.807) is 12.3 Å². The minimum atomic E-state index is -0.500. The molecule has 0 fully saturated rings. The summed E-state index contributed by atoms with van der Waals surface area (Å²) in [5.74, 6) is -0.500. The molecular weight excluding hydrogens is 228 g/mol. The molecule has 0 saturated heterocycles. The highest BCUT2D eigenvalue weighted by Crippen LogP contribution is 2.07. The van der Waals surface area contributed by atoms with Gasteiger partial charge in [-0.15, -0.1) is 0 Å². The molecule has 1 aromatic heterocycles. The fraction of sp³-hybridized carbons (Fsp3) is 0.538. The van der Waals surface area contributed by atoms with Crippen LogP contribution < -0.4 is 11.1 Å². The minimum absolute atomic E-state index is 0.293. The highest BCUT2D eigenvalue weighted by molar-refractivity contribution is 5.91. The second kappa shape index (κ2) is 7.66. The van der Waals surface area contributed by atoms with Crippen molar-refractivity contribution in [1.29, 1.82) is 0 Å². The SMILES string of the molecule is CCCN(CC)CCNc1ccnc(C(N)=O)c1. The lowest BCUT2D eigenvalue weighted by atomic mass is 10.3. The quantitative estimate of drug-likeness (QED) is 0.730. The highest BCUT2D eigenvalue weighted by atomic mass is 16.1. The summed E-state index contributed by atoms with van der Waals surface area (Å²) in [5.41, 5.74) is 6.36. The lowest BCUT2D eigenvalue weighted by Crippen LogP contribution is -2.29. The Morgan fingerprint density at radius 1 is 1.44 bits per heavy atom. The molecule has 5 heteroatoms. The summed E-state index contributed by atoms with van der Waals surface area (Å²) in [6.45, 7) is 8.33. The monoisotopic (exact) mass is 250 g/mol. The standard InChI is InChI=1S/C13H22N4O/c1-3-8-17(4-2)9-7-15-11-5-6-16-12(10-11)13(14)18/h5-6,10H,3-4,7-9H2,1-2H3,(H2,14,18)(H,15,16). The second-order valence-corrected chi connectivity index (χ2v) is 4.16. The maximum atomic E-state index is 11.0. The fourth-order valence-electron chi connectivity index (χ4n) is 1.78. The van der Waals surface area contributed by atoms with E-state index in [9.17, 15) is 4.79 Å². The molecule has 18 heavy (non-hydrogen) atoms. The van der Waals surface area contributed by atoms with Crippen molar-refractivity contribution >= 4 is 11.6 Å². The molecule has 0 bridgehead atoms. The number of anilines is 1. The summed E-state index contributed by atoms with van der Waals surface area (Å²) in [7, 11) is 0. The number of aromatic nitrogens is 1. The van der Waals surface area contributed by atoms with E-state index in [0.29, 0.717) is 5.69 Å². The summed E-state index contributed by atoms with van der Waals surface area (Å²) in [5, 5.41) is 3.27. The number of rotatable bonds is 8. The van der Waals surface area contributed by atoms with Gasteiger partial charge in [0, 0.05) is 25.0 Å². The molecule has 0 aromatic carbocycles. The Morgan fingerprint density at radius 2 is 2.22 bits per heavy atom. The van der Waals surface area contributed by atoms with Gasteiger partial charge in [-0.1, -0.05) is 13.8 Å². The number of amides is 1. The Morgan fingerprint density at radius 3 is 2.83 bits per heavy atom. The number of nitrogens with two attached hydrogens (primary N) is 1. The van der Waals surface area contributed by atoms with Crippen LogP contribution in [0.15, 0.2) is 18.3 Å². The van der Waals surface area contributed by atoms with Gasteiger partial charge in [0.15, 0.2) is 0 Å². The van der Waals surface area contributed by atoms with Crippen LogP contribution in [0.1, 0.15) is 30.8 Å². The van der Waals surface area contributed by atoms with Gasteiger partial charge >= 0.3 is 0 Å². The molecule has 0 saturated carbocycles. The summed E-state index contributed by atoms with van der Waals surface area (Å²) in [6.07, 6.45) is 2.75. The van der Waals surface area contributed by atoms with Gasteiger partial charge in [-0.3, -0.25) is 9.78 Å². The first-order valence-corrected chi connectivity index (χ1v) is 6.39. The number of hydrogen-bond donors (Lipinski definition) is 2. The van der Waals surface area contributed by atoms with E-state index in [4.69, 9.17) is 5.73 Å². The number of primary amides is 1. The molecule has 5 nitrogen and oxygen atoms in total. The van der Waals surface area contributed by atoms with Gasteiger partial charge in [0.25, 0.3) is 5.91 Å². The largest absolute Gasteiger partial charge is 0.384 e. The molecule has 100 valence electrons. The molecule has 3 N–H and O–H groups in total. The predicted octanol–water partition coefficient (Wildman–Crippen LogP) is 1.32. The number of carbonyl (C=O) groups excluding carboxylic acids is 1. The van der Waals surface area contributed by atoms with Gasteiger partial charge in [0.05, 0.1) is 0 Å². The van der Waals surface area contributed by atoms with Gasteiger partial charge in [-0.25, -0.2) is 0 Å². The van der Waals surface area contributed by atoms with Crippen molar-refractivity contribution < 1.29 is 4.79 Å². The number of nitrogens with one attached hydrogen (secondary N) is 1. The van der Waals surface area contributed by atoms with E-state index < -0.39 is 5.91 Å². The maximum Gasteiger partial charge on any atom is 0.267 e. The van der Waals surface area contributed by atoms with Gasteiger partial charge in [-0.2, -0.15) is 0 Å². The van der Waals surface area contributed by atoms with Crippen LogP contribution in [-0.4, -0.2) is 42.0 Å². The average Bonchev–Trinajstić information content (AvgIpc) is 2.38. The van der Waals surface area contributed by atoms with E-state index in [1.165, 1.54) is 0 Å². The van der Waals surface area contributed by atoms with Crippen LogP contribution in [0.4, 0.5) is 5.69 Å². The summed E-state index contributed by atoms with van der Waals surface area (Å²) >= 11 is 0. The number of carbonyl (C=O) groups is 1. The van der Waals surface area contributed by atoms with Crippen molar-refractivity contribution in [1.82, 2.24) is 9.88 Å². The van der Waals surface area contributed by atoms with E-state index >= 15 is 0 Å². The third-order valence-electron chi connectivity index (χ3n) is 2.76. The molecule has 0 aliphatic carbocycles. The molecule has 0 aliphatic heterocycles. The molecule has 0 unspecified atom stereocenters. The van der Waals surface area contributed by atoms with E-state index in [-0.39, 0.29) is 0 Å². The Kier molecular flexibility index (Phi) is 6.14. The highest BCUT2D eigenvalue weighted by Gasteiger charge is 2.03. The first-order chi connectivity index (χ1) is 8.67. The van der Waals surface area contributed by atoms with Crippen molar-refractivity contribution in [2.75, 3.05) is 31.5 Å². The molecule has 0 spiro atoms. The Hall–Kier alpha value is -1.62. The number of nitrogens with zero attached hydrogens (tertiary/aromatic N) is 2. The summed E-state index contributed by atoms with van der Waals surface area (Å²) in [4.78, 5) is 17.3. The molecular formula is C13H22N4O. The third-order valence-corrected chi connectivity index (χ3v) is 2.76. The Bertz CT molecular complexity index is 381. The van der Waals surface area contributed by atoms with Crippen molar-refractivity contribution in [2.24, 2.45) is 5.73 Å². The zero-order valence-electron chi connectivity index (χ0n) is 11.1. The van der Waals surface area contributed by atoms with Crippen LogP contribution in [0.3, 0.4) is 0 Å². The molecule has 1 aromatic rings. The summed E-state index contributed by atoms with van der Waals surface area (Å²) in [6, 6.07) is 3.51. The van der Waals surface area contributed by atoms with Gasteiger partial charge < -0.3 is 16.0 Å². The summed E-state index contributed by atoms with van der Waals surface area (Å²) < 4.78 is 0. The van der Waals surface area contributed by atoms with E-state index in [1.807, 2.05) is 6.07 Å². The number of likely N-dealkylation sites (N-methyl/N-ethyl adjacent to an activating group) is 1. The normalized spacial score (nSPS) is 10.6. The first-order valence-electron chi connectivity index (χ1n) is 6.39. The third kappa shape index (κ3) is 4.71. The lowest BCUT2D eigenvalue weighted by Gasteiger charge is -2.19. The van der Waals surface area contributed by atoms with Crippen molar-refractivity contribution in [3.05, 3.63) is 24.0 Å². The van der Waals surface area contributed by atoms with Gasteiger partial charge in [-0.05, 0) is 31.6 Å². The zero-order valence-corrected chi connectivity index (χ0v) is 11.1. The van der Waals surface area contributed by atoms with Gasteiger partial charge in [0.1, 0.15) is 5.69 Å². The second-order valence-electron chi connectivity index (χ2n) is 4.16.